The molecule has 3 heteroatoms. The molecule has 25 heavy (non-hydrogen) atoms. The fourth-order valence-corrected chi connectivity index (χ4v) is 2.71. The molecule has 132 valence electrons. The Morgan fingerprint density at radius 3 is 2.04 bits per heavy atom. The van der Waals surface area contributed by atoms with Gasteiger partial charge in [-0.1, -0.05) is 74.2 Å². The van der Waals surface area contributed by atoms with E-state index >= 15 is 0 Å². The molecule has 0 fully saturated rings. The van der Waals surface area contributed by atoms with Crippen molar-refractivity contribution in [3.63, 3.8) is 0 Å². The highest BCUT2D eigenvalue weighted by Crippen LogP contribution is 2.32. The lowest BCUT2D eigenvalue weighted by molar-refractivity contribution is 0.0494. The summed E-state index contributed by atoms with van der Waals surface area (Å²) in [4.78, 5) is 12.3. The van der Waals surface area contributed by atoms with E-state index in [1.807, 2.05) is 81.4 Å². The van der Waals surface area contributed by atoms with Gasteiger partial charge in [0.05, 0.1) is 6.04 Å². The number of amides is 1. The first kappa shape index (κ1) is 18.8. The van der Waals surface area contributed by atoms with Gasteiger partial charge in [0.25, 0.3) is 0 Å². The fraction of sp³-hybridized carbons (Fsp3) is 0.318. The number of carbonyl (C=O) groups excluding carboxylic acids is 1. The topological polar surface area (TPSA) is 38.3 Å². The van der Waals surface area contributed by atoms with Crippen LogP contribution in [0, 0.1) is 5.92 Å². The van der Waals surface area contributed by atoms with Gasteiger partial charge in [-0.15, -0.1) is 0 Å². The van der Waals surface area contributed by atoms with Crippen molar-refractivity contribution in [2.24, 2.45) is 5.92 Å². The van der Waals surface area contributed by atoms with Crippen molar-refractivity contribution in [1.82, 2.24) is 5.32 Å². The molecule has 3 nitrogen and oxygen atoms in total. The number of nitrogens with one attached hydrogen (secondary N) is 1. The number of hydrogen-bond donors (Lipinski definition) is 1. The third-order valence-electron chi connectivity index (χ3n) is 4.03. The van der Waals surface area contributed by atoms with Gasteiger partial charge < -0.3 is 10.1 Å². The number of ether oxygens (including phenoxy) is 1. The average Bonchev–Trinajstić information content (AvgIpc) is 2.58. The SMILES string of the molecule is C=C(c1ccccc1)[C@H](C)[C@H](NC(=O)OC(C)(C)C)c1ccccc1. The van der Waals surface area contributed by atoms with E-state index in [2.05, 4.69) is 18.8 Å². The maximum atomic E-state index is 12.3. The number of alkyl carbamates (subject to hydrolysis) is 1. The molecule has 0 bridgehead atoms. The van der Waals surface area contributed by atoms with Crippen LogP contribution in [0.25, 0.3) is 5.57 Å². The Morgan fingerprint density at radius 2 is 1.52 bits per heavy atom. The summed E-state index contributed by atoms with van der Waals surface area (Å²) in [6.45, 7) is 11.9. The first-order valence-corrected chi connectivity index (χ1v) is 8.56. The van der Waals surface area contributed by atoms with Crippen LogP contribution in [0.15, 0.2) is 67.2 Å². The van der Waals surface area contributed by atoms with Crippen LogP contribution in [0.5, 0.6) is 0 Å². The van der Waals surface area contributed by atoms with Crippen LogP contribution in [0.2, 0.25) is 0 Å². The highest BCUT2D eigenvalue weighted by molar-refractivity contribution is 5.71. The van der Waals surface area contributed by atoms with Crippen LogP contribution < -0.4 is 5.32 Å². The van der Waals surface area contributed by atoms with Crippen LogP contribution in [-0.4, -0.2) is 11.7 Å². The number of carbonyl (C=O) groups is 1. The Morgan fingerprint density at radius 1 is 1.00 bits per heavy atom. The maximum absolute atomic E-state index is 12.3. The minimum Gasteiger partial charge on any atom is -0.444 e. The summed E-state index contributed by atoms with van der Waals surface area (Å²) in [5, 5.41) is 3.02. The number of hydrogen-bond acceptors (Lipinski definition) is 2. The predicted octanol–water partition coefficient (Wildman–Crippen LogP) is 5.60. The molecule has 0 saturated heterocycles. The van der Waals surface area contributed by atoms with Crippen molar-refractivity contribution in [2.75, 3.05) is 0 Å². The zero-order valence-corrected chi connectivity index (χ0v) is 15.5. The Bertz CT molecular complexity index is 702. The molecular weight excluding hydrogens is 310 g/mol. The largest absolute Gasteiger partial charge is 0.444 e. The van der Waals surface area contributed by atoms with Gasteiger partial charge in [-0.2, -0.15) is 0 Å². The molecule has 0 unspecified atom stereocenters. The molecular formula is C22H27NO2. The predicted molar refractivity (Wildman–Crippen MR) is 103 cm³/mol. The van der Waals surface area contributed by atoms with Crippen LogP contribution >= 0.6 is 0 Å². The van der Waals surface area contributed by atoms with Gasteiger partial charge in [0.2, 0.25) is 0 Å². The Labute approximate surface area is 150 Å². The average molecular weight is 337 g/mol. The Balaban J connectivity index is 2.25. The van der Waals surface area contributed by atoms with Crippen LogP contribution in [0.3, 0.4) is 0 Å². The number of rotatable bonds is 5. The van der Waals surface area contributed by atoms with Gasteiger partial charge in [0, 0.05) is 5.92 Å². The van der Waals surface area contributed by atoms with Crippen LogP contribution in [-0.2, 0) is 4.74 Å². The van der Waals surface area contributed by atoms with Crippen LogP contribution in [0.1, 0.15) is 44.9 Å². The lowest BCUT2D eigenvalue weighted by Crippen LogP contribution is -2.37. The fourth-order valence-electron chi connectivity index (χ4n) is 2.71. The van der Waals surface area contributed by atoms with E-state index in [1.54, 1.807) is 0 Å². The molecule has 2 aromatic carbocycles. The van der Waals surface area contributed by atoms with Gasteiger partial charge >= 0.3 is 6.09 Å². The summed E-state index contributed by atoms with van der Waals surface area (Å²) in [5.41, 5.74) is 2.54. The van der Waals surface area contributed by atoms with Crippen molar-refractivity contribution in [3.8, 4) is 0 Å². The Kier molecular flexibility index (Phi) is 6.02. The van der Waals surface area contributed by atoms with E-state index in [4.69, 9.17) is 4.74 Å². The lowest BCUT2D eigenvalue weighted by atomic mass is 9.85. The highest BCUT2D eigenvalue weighted by atomic mass is 16.6. The summed E-state index contributed by atoms with van der Waals surface area (Å²) in [5.74, 6) is 0.0114. The molecule has 0 spiro atoms. The first-order chi connectivity index (χ1) is 11.8. The molecule has 1 N–H and O–H groups in total. The summed E-state index contributed by atoms with van der Waals surface area (Å²) in [6, 6.07) is 19.7. The van der Waals surface area contributed by atoms with E-state index in [0.717, 1.165) is 16.7 Å². The molecule has 1 amide bonds. The molecule has 2 atom stereocenters. The first-order valence-electron chi connectivity index (χ1n) is 8.56. The molecule has 0 aliphatic heterocycles. The molecule has 2 aromatic rings. The summed E-state index contributed by atoms with van der Waals surface area (Å²) >= 11 is 0. The standard InChI is InChI=1S/C22H27NO2/c1-16(18-12-8-6-9-13-18)17(2)20(19-14-10-7-11-15-19)23-21(24)25-22(3,4)5/h6-15,17,20H,1H2,2-5H3,(H,23,24)/t17-,20-/m0/s1. The minimum atomic E-state index is -0.537. The third kappa shape index (κ3) is 5.49. The third-order valence-corrected chi connectivity index (χ3v) is 4.03. The van der Waals surface area contributed by atoms with Gasteiger partial charge in [0.1, 0.15) is 5.60 Å². The normalized spacial score (nSPS) is 13.6. The van der Waals surface area contributed by atoms with E-state index < -0.39 is 11.7 Å². The second kappa shape index (κ2) is 8.02. The minimum absolute atomic E-state index is 0.0114. The quantitative estimate of drug-likeness (QED) is 0.771. The Hall–Kier alpha value is -2.55. The molecule has 0 heterocycles. The van der Waals surface area contributed by atoms with Crippen molar-refractivity contribution >= 4 is 11.7 Å². The van der Waals surface area contributed by atoms with E-state index in [1.165, 1.54) is 0 Å². The summed E-state index contributed by atoms with van der Waals surface area (Å²) < 4.78 is 5.45. The van der Waals surface area contributed by atoms with Gasteiger partial charge in [-0.3, -0.25) is 0 Å². The van der Waals surface area contributed by atoms with Gasteiger partial charge in [0.15, 0.2) is 0 Å². The van der Waals surface area contributed by atoms with Crippen molar-refractivity contribution in [3.05, 3.63) is 78.4 Å². The zero-order valence-electron chi connectivity index (χ0n) is 15.5. The van der Waals surface area contributed by atoms with Gasteiger partial charge in [-0.25, -0.2) is 4.79 Å². The van der Waals surface area contributed by atoms with E-state index in [0.29, 0.717) is 0 Å². The number of benzene rings is 2. The molecule has 2 rings (SSSR count). The second-order valence-corrected chi connectivity index (χ2v) is 7.21. The van der Waals surface area contributed by atoms with Crippen LogP contribution in [0.4, 0.5) is 4.79 Å². The second-order valence-electron chi connectivity index (χ2n) is 7.21. The highest BCUT2D eigenvalue weighted by Gasteiger charge is 2.26. The monoisotopic (exact) mass is 337 g/mol. The van der Waals surface area contributed by atoms with Crippen molar-refractivity contribution < 1.29 is 9.53 Å². The molecule has 0 radical (unpaired) electrons. The van der Waals surface area contributed by atoms with E-state index in [-0.39, 0.29) is 12.0 Å². The van der Waals surface area contributed by atoms with Gasteiger partial charge in [-0.05, 0) is 37.5 Å². The zero-order chi connectivity index (χ0) is 18.4. The lowest BCUT2D eigenvalue weighted by Gasteiger charge is -2.29. The molecule has 0 aliphatic carbocycles. The maximum Gasteiger partial charge on any atom is 0.408 e. The van der Waals surface area contributed by atoms with E-state index in [9.17, 15) is 4.79 Å². The van der Waals surface area contributed by atoms with Crippen molar-refractivity contribution in [2.45, 2.75) is 39.3 Å². The molecule has 0 saturated carbocycles. The van der Waals surface area contributed by atoms with Crippen molar-refractivity contribution in [1.29, 1.82) is 0 Å². The molecule has 0 aromatic heterocycles. The smallest absolute Gasteiger partial charge is 0.408 e. The summed E-state index contributed by atoms with van der Waals surface area (Å²) in [7, 11) is 0. The molecule has 0 aliphatic rings. The summed E-state index contributed by atoms with van der Waals surface area (Å²) in [6.07, 6.45) is -0.422.